The third kappa shape index (κ3) is 7.51. The fourth-order valence-electron chi connectivity index (χ4n) is 4.50. The molecule has 0 bridgehead atoms. The Kier molecular flexibility index (Phi) is 9.29. The number of hydrogen-bond acceptors (Lipinski definition) is 3. The minimum Gasteiger partial charge on any atom is -0.488 e. The summed E-state index contributed by atoms with van der Waals surface area (Å²) in [5.41, 5.74) is -0.566. The minimum atomic E-state index is -4.76. The molecule has 0 aliphatic carbocycles. The average molecular weight is 587 g/mol. The van der Waals surface area contributed by atoms with Crippen LogP contribution in [0.2, 0.25) is 0 Å². The highest BCUT2D eigenvalue weighted by atomic mass is 19.4. The van der Waals surface area contributed by atoms with Crippen LogP contribution in [0.1, 0.15) is 59.1 Å². The Bertz CT molecular complexity index is 1390. The van der Waals surface area contributed by atoms with E-state index >= 15 is 0 Å². The van der Waals surface area contributed by atoms with Crippen molar-refractivity contribution in [1.29, 1.82) is 0 Å². The SMILES string of the molecule is CC(C(=O)C(C)c1ccc(OCc2ccccc2)c(C(F)(F)F)c1)c1ccc(OCc2ccccc2)c(C(F)(F)F)c1. The van der Waals surface area contributed by atoms with Crippen LogP contribution in [0.25, 0.3) is 0 Å². The number of benzene rings is 4. The lowest BCUT2D eigenvalue weighted by Crippen LogP contribution is -2.19. The molecule has 4 rings (SSSR count). The number of alkyl halides is 6. The lowest BCUT2D eigenvalue weighted by Gasteiger charge is -2.21. The highest BCUT2D eigenvalue weighted by molar-refractivity contribution is 5.91. The second kappa shape index (κ2) is 12.7. The highest BCUT2D eigenvalue weighted by Gasteiger charge is 2.37. The molecule has 220 valence electrons. The van der Waals surface area contributed by atoms with Crippen LogP contribution < -0.4 is 9.47 Å². The van der Waals surface area contributed by atoms with Crippen molar-refractivity contribution in [2.24, 2.45) is 0 Å². The van der Waals surface area contributed by atoms with Crippen LogP contribution in [0.3, 0.4) is 0 Å². The number of carbonyl (C=O) groups excluding carboxylic acids is 1. The maximum atomic E-state index is 13.9. The van der Waals surface area contributed by atoms with Crippen molar-refractivity contribution >= 4 is 5.78 Å². The summed E-state index contributed by atoms with van der Waals surface area (Å²) in [4.78, 5) is 13.3. The monoisotopic (exact) mass is 586 g/mol. The van der Waals surface area contributed by atoms with E-state index in [1.807, 2.05) is 0 Å². The smallest absolute Gasteiger partial charge is 0.419 e. The summed E-state index contributed by atoms with van der Waals surface area (Å²) in [6.07, 6.45) is -9.51. The summed E-state index contributed by atoms with van der Waals surface area (Å²) < 4.78 is 94.4. The molecule has 0 spiro atoms. The zero-order valence-electron chi connectivity index (χ0n) is 22.8. The molecule has 0 radical (unpaired) electrons. The van der Waals surface area contributed by atoms with Crippen molar-refractivity contribution in [2.45, 2.75) is 51.2 Å². The van der Waals surface area contributed by atoms with Crippen molar-refractivity contribution in [3.05, 3.63) is 130 Å². The molecule has 3 nitrogen and oxygen atoms in total. The van der Waals surface area contributed by atoms with Gasteiger partial charge in [0, 0.05) is 11.8 Å². The lowest BCUT2D eigenvalue weighted by atomic mass is 9.84. The Morgan fingerprint density at radius 1 is 0.595 bits per heavy atom. The molecule has 0 aliphatic heterocycles. The number of Topliss-reactive ketones (excluding diaryl/α,β-unsaturated/α-hetero) is 1. The van der Waals surface area contributed by atoms with Crippen molar-refractivity contribution in [3.63, 3.8) is 0 Å². The number of carbonyl (C=O) groups is 1. The first-order valence-corrected chi connectivity index (χ1v) is 13.1. The van der Waals surface area contributed by atoms with Gasteiger partial charge < -0.3 is 9.47 Å². The van der Waals surface area contributed by atoms with E-state index < -0.39 is 41.1 Å². The van der Waals surface area contributed by atoms with Gasteiger partial charge in [-0.2, -0.15) is 26.3 Å². The summed E-state index contributed by atoms with van der Waals surface area (Å²) in [5.74, 6) is -3.38. The van der Waals surface area contributed by atoms with E-state index in [1.165, 1.54) is 26.0 Å². The van der Waals surface area contributed by atoms with Gasteiger partial charge in [-0.25, -0.2) is 0 Å². The van der Waals surface area contributed by atoms with E-state index in [1.54, 1.807) is 60.7 Å². The van der Waals surface area contributed by atoms with Gasteiger partial charge in [0.05, 0.1) is 11.1 Å². The van der Waals surface area contributed by atoms with E-state index in [0.717, 1.165) is 24.3 Å². The number of halogens is 6. The zero-order chi connectivity index (χ0) is 30.5. The summed E-state index contributed by atoms with van der Waals surface area (Å²) in [7, 11) is 0. The zero-order valence-corrected chi connectivity index (χ0v) is 22.8. The summed E-state index contributed by atoms with van der Waals surface area (Å²) in [5, 5.41) is 0. The Balaban J connectivity index is 1.55. The van der Waals surface area contributed by atoms with Crippen LogP contribution in [0.5, 0.6) is 11.5 Å². The van der Waals surface area contributed by atoms with Crippen molar-refractivity contribution in [2.75, 3.05) is 0 Å². The largest absolute Gasteiger partial charge is 0.488 e. The first kappa shape index (κ1) is 30.7. The first-order valence-electron chi connectivity index (χ1n) is 13.1. The topological polar surface area (TPSA) is 35.5 Å². The Hall–Kier alpha value is -4.27. The van der Waals surface area contributed by atoms with Crippen molar-refractivity contribution < 1.29 is 40.6 Å². The van der Waals surface area contributed by atoms with Crippen LogP contribution in [0.4, 0.5) is 26.3 Å². The molecule has 0 N–H and O–H groups in total. The van der Waals surface area contributed by atoms with Crippen LogP contribution >= 0.6 is 0 Å². The third-order valence-electron chi connectivity index (χ3n) is 6.95. The second-order valence-electron chi connectivity index (χ2n) is 9.90. The lowest BCUT2D eigenvalue weighted by molar-refractivity contribution is -0.140. The fraction of sp³-hybridized carbons (Fsp3) is 0.242. The van der Waals surface area contributed by atoms with Gasteiger partial charge in [0.1, 0.15) is 30.5 Å². The molecule has 9 heteroatoms. The number of hydrogen-bond donors (Lipinski definition) is 0. The number of ether oxygens (including phenoxy) is 2. The standard InChI is InChI=1S/C33H28F6O3/c1-21(25-13-15-29(27(17-25)32(34,35)36)41-19-23-9-5-3-6-10-23)31(40)22(2)26-14-16-30(28(18-26)33(37,38)39)42-20-24-11-7-4-8-12-24/h3-18,21-22H,19-20H2,1-2H3. The van der Waals surface area contributed by atoms with Gasteiger partial charge >= 0.3 is 12.4 Å². The van der Waals surface area contributed by atoms with Gasteiger partial charge in [-0.15, -0.1) is 0 Å². The van der Waals surface area contributed by atoms with Crippen LogP contribution in [-0.4, -0.2) is 5.78 Å². The molecule has 4 aromatic rings. The molecule has 0 saturated carbocycles. The Labute approximate surface area is 239 Å². The van der Waals surface area contributed by atoms with Crippen LogP contribution in [0.15, 0.2) is 97.1 Å². The molecule has 0 saturated heterocycles. The maximum absolute atomic E-state index is 13.9. The number of ketones is 1. The predicted molar refractivity (Wildman–Crippen MR) is 146 cm³/mol. The second-order valence-corrected chi connectivity index (χ2v) is 9.90. The average Bonchev–Trinajstić information content (AvgIpc) is 2.98. The Morgan fingerprint density at radius 2 is 0.952 bits per heavy atom. The summed E-state index contributed by atoms with van der Waals surface area (Å²) >= 11 is 0. The van der Waals surface area contributed by atoms with E-state index in [4.69, 9.17) is 9.47 Å². The van der Waals surface area contributed by atoms with E-state index in [0.29, 0.717) is 11.1 Å². The molecule has 42 heavy (non-hydrogen) atoms. The first-order chi connectivity index (χ1) is 19.8. The molecule has 4 aromatic carbocycles. The van der Waals surface area contributed by atoms with Gasteiger partial charge in [0.25, 0.3) is 0 Å². The minimum absolute atomic E-state index is 0.0742. The van der Waals surface area contributed by atoms with Crippen molar-refractivity contribution in [1.82, 2.24) is 0 Å². The third-order valence-corrected chi connectivity index (χ3v) is 6.95. The molecule has 2 atom stereocenters. The van der Waals surface area contributed by atoms with Gasteiger partial charge in [-0.05, 0) is 46.5 Å². The van der Waals surface area contributed by atoms with Crippen molar-refractivity contribution in [3.8, 4) is 11.5 Å². The van der Waals surface area contributed by atoms with Gasteiger partial charge in [-0.3, -0.25) is 4.79 Å². The molecular formula is C33H28F6O3. The summed E-state index contributed by atoms with van der Waals surface area (Å²) in [6.45, 7) is 2.70. The maximum Gasteiger partial charge on any atom is 0.419 e. The molecule has 0 fully saturated rings. The van der Waals surface area contributed by atoms with Crippen LogP contribution in [-0.2, 0) is 30.4 Å². The highest BCUT2D eigenvalue weighted by Crippen LogP contribution is 2.41. The van der Waals surface area contributed by atoms with Gasteiger partial charge in [0.15, 0.2) is 0 Å². The van der Waals surface area contributed by atoms with Crippen LogP contribution in [0, 0.1) is 0 Å². The van der Waals surface area contributed by atoms with E-state index in [9.17, 15) is 31.1 Å². The number of rotatable bonds is 10. The van der Waals surface area contributed by atoms with Gasteiger partial charge in [-0.1, -0.05) is 86.6 Å². The van der Waals surface area contributed by atoms with E-state index in [2.05, 4.69) is 0 Å². The fourth-order valence-corrected chi connectivity index (χ4v) is 4.50. The quantitative estimate of drug-likeness (QED) is 0.174. The molecular weight excluding hydrogens is 558 g/mol. The Morgan fingerprint density at radius 3 is 1.29 bits per heavy atom. The van der Waals surface area contributed by atoms with Gasteiger partial charge in [0.2, 0.25) is 0 Å². The summed E-state index contributed by atoms with van der Waals surface area (Å²) in [6, 6.07) is 24.2. The molecule has 0 amide bonds. The van der Waals surface area contributed by atoms with E-state index in [-0.39, 0.29) is 35.8 Å². The normalized spacial score (nSPS) is 13.3. The molecule has 0 aromatic heterocycles. The predicted octanol–water partition coefficient (Wildman–Crippen LogP) is 9.36. The molecule has 0 aliphatic rings. The molecule has 0 heterocycles. The molecule has 2 unspecified atom stereocenters.